The lowest BCUT2D eigenvalue weighted by molar-refractivity contribution is 0.613. The summed E-state index contributed by atoms with van der Waals surface area (Å²) in [6.45, 7) is 2.44. The van der Waals surface area contributed by atoms with Crippen LogP contribution in [0.4, 0.5) is 10.1 Å². The van der Waals surface area contributed by atoms with Crippen molar-refractivity contribution in [1.82, 2.24) is 0 Å². The van der Waals surface area contributed by atoms with Crippen LogP contribution in [0.15, 0.2) is 40.9 Å². The summed E-state index contributed by atoms with van der Waals surface area (Å²) >= 11 is 9.17. The highest BCUT2D eigenvalue weighted by atomic mass is 79.9. The predicted molar refractivity (Wildman–Crippen MR) is 77.6 cm³/mol. The molecule has 0 amide bonds. The van der Waals surface area contributed by atoms with Crippen LogP contribution in [0, 0.1) is 12.7 Å². The molecule has 0 unspecified atom stereocenters. The van der Waals surface area contributed by atoms with Crippen LogP contribution in [-0.2, 0) is 6.54 Å². The highest BCUT2D eigenvalue weighted by molar-refractivity contribution is 9.10. The van der Waals surface area contributed by atoms with Crippen molar-refractivity contribution in [3.8, 4) is 0 Å². The lowest BCUT2D eigenvalue weighted by atomic mass is 10.2. The highest BCUT2D eigenvalue weighted by Gasteiger charge is 2.04. The van der Waals surface area contributed by atoms with Gasteiger partial charge >= 0.3 is 0 Å². The molecular formula is C14H12BrClFN. The fourth-order valence-electron chi connectivity index (χ4n) is 1.63. The molecule has 0 bridgehead atoms. The molecule has 2 aromatic carbocycles. The van der Waals surface area contributed by atoms with Crippen molar-refractivity contribution in [3.05, 3.63) is 62.8 Å². The van der Waals surface area contributed by atoms with Gasteiger partial charge in [0.05, 0.1) is 0 Å². The number of hydrogen-bond donors (Lipinski definition) is 1. The molecule has 18 heavy (non-hydrogen) atoms. The molecule has 0 aliphatic heterocycles. The van der Waals surface area contributed by atoms with E-state index in [4.69, 9.17) is 11.6 Å². The van der Waals surface area contributed by atoms with Crippen LogP contribution in [-0.4, -0.2) is 0 Å². The number of hydrogen-bond acceptors (Lipinski definition) is 1. The zero-order valence-corrected chi connectivity index (χ0v) is 12.1. The second-order valence-corrected chi connectivity index (χ2v) is 5.36. The van der Waals surface area contributed by atoms with Crippen molar-refractivity contribution >= 4 is 33.2 Å². The quantitative estimate of drug-likeness (QED) is 0.820. The van der Waals surface area contributed by atoms with Crippen molar-refractivity contribution in [1.29, 1.82) is 0 Å². The maximum absolute atomic E-state index is 13.6. The molecule has 0 aliphatic carbocycles. The third-order valence-electron chi connectivity index (χ3n) is 2.61. The minimum absolute atomic E-state index is 0.293. The third-order valence-corrected chi connectivity index (χ3v) is 3.53. The number of benzene rings is 2. The highest BCUT2D eigenvalue weighted by Crippen LogP contribution is 2.24. The van der Waals surface area contributed by atoms with Gasteiger partial charge in [-0.2, -0.15) is 0 Å². The van der Waals surface area contributed by atoms with Crippen molar-refractivity contribution in [3.63, 3.8) is 0 Å². The van der Waals surface area contributed by atoms with Gasteiger partial charge in [0.25, 0.3) is 0 Å². The summed E-state index contributed by atoms with van der Waals surface area (Å²) in [5, 5.41) is 3.61. The number of halogens is 3. The van der Waals surface area contributed by atoms with Gasteiger partial charge in [-0.25, -0.2) is 4.39 Å². The first-order valence-corrected chi connectivity index (χ1v) is 6.67. The lowest BCUT2D eigenvalue weighted by Gasteiger charge is -2.10. The number of anilines is 1. The molecule has 2 rings (SSSR count). The summed E-state index contributed by atoms with van der Waals surface area (Å²) in [5.41, 5.74) is 2.69. The Kier molecular flexibility index (Phi) is 4.25. The Bertz CT molecular complexity index is 572. The van der Waals surface area contributed by atoms with Crippen LogP contribution in [0.1, 0.15) is 11.1 Å². The minimum Gasteiger partial charge on any atom is -0.380 e. The molecule has 0 aromatic heterocycles. The zero-order valence-electron chi connectivity index (χ0n) is 9.81. The first kappa shape index (κ1) is 13.4. The second-order valence-electron chi connectivity index (χ2n) is 4.07. The van der Waals surface area contributed by atoms with Gasteiger partial charge in [0.15, 0.2) is 0 Å². The Labute approximate surface area is 119 Å². The standard InChI is InChI=1S/C14H12BrClFN/c1-9-2-5-12(15)14(6-9)18-8-10-3-4-11(16)7-13(10)17/h2-7,18H,8H2,1H3. The van der Waals surface area contributed by atoms with E-state index < -0.39 is 0 Å². The van der Waals surface area contributed by atoms with Gasteiger partial charge in [-0.1, -0.05) is 23.7 Å². The van der Waals surface area contributed by atoms with Crippen LogP contribution in [0.25, 0.3) is 0 Å². The average molecular weight is 329 g/mol. The van der Waals surface area contributed by atoms with E-state index in [0.717, 1.165) is 15.7 Å². The molecule has 0 fully saturated rings. The molecule has 1 N–H and O–H groups in total. The number of rotatable bonds is 3. The van der Waals surface area contributed by atoms with Crippen LogP contribution >= 0.6 is 27.5 Å². The molecule has 0 saturated carbocycles. The number of nitrogens with one attached hydrogen (secondary N) is 1. The van der Waals surface area contributed by atoms with Crippen molar-refractivity contribution < 1.29 is 4.39 Å². The third kappa shape index (κ3) is 3.24. The second kappa shape index (κ2) is 5.72. The van der Waals surface area contributed by atoms with E-state index in [9.17, 15) is 4.39 Å². The Balaban J connectivity index is 2.13. The molecule has 94 valence electrons. The molecule has 0 spiro atoms. The molecule has 0 aliphatic rings. The van der Waals surface area contributed by atoms with Gasteiger partial charge in [0.2, 0.25) is 0 Å². The molecule has 2 aromatic rings. The Morgan fingerprint density at radius 1 is 1.22 bits per heavy atom. The summed E-state index contributed by atoms with van der Waals surface area (Å²) in [7, 11) is 0. The Morgan fingerprint density at radius 3 is 2.72 bits per heavy atom. The maximum atomic E-state index is 13.6. The zero-order chi connectivity index (χ0) is 13.1. The van der Waals surface area contributed by atoms with Gasteiger partial charge in [-0.15, -0.1) is 0 Å². The minimum atomic E-state index is -0.293. The smallest absolute Gasteiger partial charge is 0.129 e. The maximum Gasteiger partial charge on any atom is 0.129 e. The monoisotopic (exact) mass is 327 g/mol. The lowest BCUT2D eigenvalue weighted by Crippen LogP contribution is -2.02. The molecule has 0 atom stereocenters. The van der Waals surface area contributed by atoms with Crippen LogP contribution in [0.5, 0.6) is 0 Å². The first-order valence-electron chi connectivity index (χ1n) is 5.50. The van der Waals surface area contributed by atoms with Gasteiger partial charge in [-0.05, 0) is 52.7 Å². The summed E-state index contributed by atoms with van der Waals surface area (Å²) in [6.07, 6.45) is 0. The van der Waals surface area contributed by atoms with E-state index in [-0.39, 0.29) is 5.82 Å². The van der Waals surface area contributed by atoms with E-state index in [1.807, 2.05) is 25.1 Å². The average Bonchev–Trinajstić information content (AvgIpc) is 2.32. The normalized spacial score (nSPS) is 10.4. The molecular weight excluding hydrogens is 317 g/mol. The molecule has 0 saturated heterocycles. The fraction of sp³-hybridized carbons (Fsp3) is 0.143. The summed E-state index contributed by atoms with van der Waals surface area (Å²) in [6, 6.07) is 10.7. The van der Waals surface area contributed by atoms with Crippen molar-refractivity contribution in [2.75, 3.05) is 5.32 Å². The van der Waals surface area contributed by atoms with Crippen LogP contribution in [0.3, 0.4) is 0 Å². The fourth-order valence-corrected chi connectivity index (χ4v) is 2.18. The largest absolute Gasteiger partial charge is 0.380 e. The molecule has 0 radical (unpaired) electrons. The van der Waals surface area contributed by atoms with Gasteiger partial charge in [-0.3, -0.25) is 0 Å². The van der Waals surface area contributed by atoms with E-state index >= 15 is 0 Å². The van der Waals surface area contributed by atoms with E-state index in [2.05, 4.69) is 21.2 Å². The SMILES string of the molecule is Cc1ccc(Br)c(NCc2ccc(Cl)cc2F)c1. The molecule has 0 heterocycles. The molecule has 4 heteroatoms. The Morgan fingerprint density at radius 2 is 2.00 bits per heavy atom. The predicted octanol–water partition coefficient (Wildman–Crippen LogP) is 5.16. The number of aryl methyl sites for hydroxylation is 1. The summed E-state index contributed by atoms with van der Waals surface area (Å²) < 4.78 is 14.6. The van der Waals surface area contributed by atoms with Crippen LogP contribution < -0.4 is 5.32 Å². The van der Waals surface area contributed by atoms with Gasteiger partial charge in [0, 0.05) is 27.3 Å². The van der Waals surface area contributed by atoms with E-state index in [1.165, 1.54) is 6.07 Å². The Hall–Kier alpha value is -1.06. The van der Waals surface area contributed by atoms with Gasteiger partial charge in [0.1, 0.15) is 5.82 Å². The van der Waals surface area contributed by atoms with Crippen molar-refractivity contribution in [2.24, 2.45) is 0 Å². The summed E-state index contributed by atoms with van der Waals surface area (Å²) in [4.78, 5) is 0. The molecule has 1 nitrogen and oxygen atoms in total. The van der Waals surface area contributed by atoms with E-state index in [1.54, 1.807) is 12.1 Å². The topological polar surface area (TPSA) is 12.0 Å². The van der Waals surface area contributed by atoms with Crippen molar-refractivity contribution in [2.45, 2.75) is 13.5 Å². The summed E-state index contributed by atoms with van der Waals surface area (Å²) in [5.74, 6) is -0.293. The van der Waals surface area contributed by atoms with Crippen LogP contribution in [0.2, 0.25) is 5.02 Å². The van der Waals surface area contributed by atoms with Gasteiger partial charge < -0.3 is 5.32 Å². The first-order chi connectivity index (χ1) is 8.56. The van der Waals surface area contributed by atoms with E-state index in [0.29, 0.717) is 17.1 Å².